The van der Waals surface area contributed by atoms with Crippen LogP contribution in [0.3, 0.4) is 0 Å². The van der Waals surface area contributed by atoms with E-state index in [0.717, 1.165) is 62.3 Å². The molecule has 0 unspecified atom stereocenters. The van der Waals surface area contributed by atoms with Gasteiger partial charge in [0.25, 0.3) is 11.8 Å². The van der Waals surface area contributed by atoms with E-state index in [9.17, 15) is 13.6 Å². The third-order valence-corrected chi connectivity index (χ3v) is 9.21. The quantitative estimate of drug-likeness (QED) is 0.257. The summed E-state index contributed by atoms with van der Waals surface area (Å²) in [5.74, 6) is -0.536. The number of fused-ring (bicyclic) bond motifs is 1. The number of halogens is 2. The van der Waals surface area contributed by atoms with Gasteiger partial charge in [-0.05, 0) is 44.1 Å². The van der Waals surface area contributed by atoms with Crippen LogP contribution in [0.25, 0.3) is 22.8 Å². The minimum absolute atomic E-state index is 0.0248. The van der Waals surface area contributed by atoms with Gasteiger partial charge in [-0.2, -0.15) is 8.78 Å². The van der Waals surface area contributed by atoms with E-state index in [2.05, 4.69) is 24.8 Å². The predicted octanol–water partition coefficient (Wildman–Crippen LogP) is 5.65. The number of methoxy groups -OCH3 is 1. The van der Waals surface area contributed by atoms with Crippen molar-refractivity contribution in [2.45, 2.75) is 75.4 Å². The molecular formula is C32H32F2N8O2. The monoisotopic (exact) mass is 598 g/mol. The summed E-state index contributed by atoms with van der Waals surface area (Å²) < 4.78 is 35.8. The number of alkyl halides is 2. The van der Waals surface area contributed by atoms with Crippen LogP contribution >= 0.6 is 0 Å². The predicted molar refractivity (Wildman–Crippen MR) is 159 cm³/mol. The van der Waals surface area contributed by atoms with Crippen molar-refractivity contribution < 1.29 is 18.3 Å². The van der Waals surface area contributed by atoms with E-state index in [1.807, 2.05) is 28.8 Å². The fourth-order valence-electron chi connectivity index (χ4n) is 6.30. The van der Waals surface area contributed by atoms with E-state index in [1.165, 1.54) is 12.5 Å². The highest BCUT2D eigenvalue weighted by Gasteiger charge is 2.59. The number of aromatic nitrogens is 6. The molecule has 4 aromatic rings. The van der Waals surface area contributed by atoms with Crippen LogP contribution in [0.15, 0.2) is 43.0 Å². The smallest absolute Gasteiger partial charge is 0.288 e. The number of carbonyl (C=O) groups is 1. The molecular weight excluding hydrogens is 566 g/mol. The van der Waals surface area contributed by atoms with Crippen LogP contribution in [0.5, 0.6) is 5.88 Å². The van der Waals surface area contributed by atoms with Crippen molar-refractivity contribution in [2.75, 3.05) is 24.0 Å². The van der Waals surface area contributed by atoms with Gasteiger partial charge in [0.15, 0.2) is 11.6 Å². The molecule has 8 rings (SSSR count). The highest BCUT2D eigenvalue weighted by atomic mass is 19.3. The maximum atomic E-state index is 14.1. The first-order chi connectivity index (χ1) is 21.2. The number of carbonyl (C=O) groups excluding carboxylic acids is 1. The Labute approximate surface area is 253 Å². The van der Waals surface area contributed by atoms with Crippen molar-refractivity contribution in [2.24, 2.45) is 0 Å². The lowest BCUT2D eigenvalue weighted by molar-refractivity contribution is -0.120. The zero-order valence-corrected chi connectivity index (χ0v) is 24.8. The van der Waals surface area contributed by atoms with Crippen LogP contribution in [0.4, 0.5) is 20.3 Å². The number of hydrogen-bond donors (Lipinski definition) is 0. The molecule has 3 saturated carbocycles. The van der Waals surface area contributed by atoms with Crippen molar-refractivity contribution >= 4 is 17.4 Å². The van der Waals surface area contributed by atoms with Crippen LogP contribution < -0.4 is 14.5 Å². The summed E-state index contributed by atoms with van der Waals surface area (Å²) in [5, 5.41) is 0. The van der Waals surface area contributed by atoms with Gasteiger partial charge < -0.3 is 19.1 Å². The van der Waals surface area contributed by atoms with Crippen LogP contribution in [0.2, 0.25) is 0 Å². The van der Waals surface area contributed by atoms with Crippen molar-refractivity contribution in [3.8, 4) is 28.7 Å². The topological polar surface area (TPSA) is 102 Å². The highest BCUT2D eigenvalue weighted by molar-refractivity contribution is 6.09. The summed E-state index contributed by atoms with van der Waals surface area (Å²) >= 11 is 0. The Balaban J connectivity index is 1.16. The number of amides is 1. The number of hydrogen-bond acceptors (Lipinski definition) is 8. The fourth-order valence-corrected chi connectivity index (χ4v) is 6.30. The molecule has 3 fully saturated rings. The zero-order chi connectivity index (χ0) is 30.4. The summed E-state index contributed by atoms with van der Waals surface area (Å²) in [7, 11) is 3.35. The second-order valence-electron chi connectivity index (χ2n) is 12.5. The molecule has 0 radical (unpaired) electrons. The van der Waals surface area contributed by atoms with Gasteiger partial charge in [-0.3, -0.25) is 4.79 Å². The number of rotatable bonds is 8. The molecule has 1 aromatic carbocycles. The van der Waals surface area contributed by atoms with Gasteiger partial charge in [-0.15, -0.1) is 0 Å². The number of nitrogens with zero attached hydrogens (tertiary/aromatic N) is 8. The van der Waals surface area contributed by atoms with Crippen LogP contribution in [-0.2, 0) is 17.3 Å². The molecule has 1 aliphatic heterocycles. The SMILES string of the molecule is COc1ncnc(C2CC2)c1-c1ncc2c(n1)N(Cc1ccc(-c3nc(C(C)(F)F)cn3C3CC3)cc1)C1(CC1)C(=O)N2C. The van der Waals surface area contributed by atoms with Crippen molar-refractivity contribution in [1.82, 2.24) is 29.5 Å². The van der Waals surface area contributed by atoms with Gasteiger partial charge in [-0.25, -0.2) is 24.9 Å². The van der Waals surface area contributed by atoms with E-state index in [-0.39, 0.29) is 17.6 Å². The van der Waals surface area contributed by atoms with Crippen molar-refractivity contribution in [3.63, 3.8) is 0 Å². The Hall–Kier alpha value is -4.48. The summed E-state index contributed by atoms with van der Waals surface area (Å²) in [6.07, 6.45) is 10.2. The van der Waals surface area contributed by atoms with Crippen LogP contribution in [0, 0.1) is 0 Å². The molecule has 0 N–H and O–H groups in total. The van der Waals surface area contributed by atoms with Gasteiger partial charge in [0.2, 0.25) is 5.88 Å². The molecule has 1 amide bonds. The van der Waals surface area contributed by atoms with E-state index in [1.54, 1.807) is 25.3 Å². The Bertz CT molecular complexity index is 1790. The largest absolute Gasteiger partial charge is 0.480 e. The van der Waals surface area contributed by atoms with Gasteiger partial charge in [0, 0.05) is 44.2 Å². The normalized spacial score (nSPS) is 19.0. The second-order valence-corrected chi connectivity index (χ2v) is 12.5. The molecule has 0 bridgehead atoms. The molecule has 10 nitrogen and oxygen atoms in total. The number of benzene rings is 1. The van der Waals surface area contributed by atoms with E-state index < -0.39 is 11.5 Å². The van der Waals surface area contributed by atoms with Gasteiger partial charge >= 0.3 is 0 Å². The lowest BCUT2D eigenvalue weighted by Crippen LogP contribution is -2.54. The summed E-state index contributed by atoms with van der Waals surface area (Å²) in [6, 6.07) is 8.01. The first-order valence-corrected chi connectivity index (χ1v) is 15.1. The third-order valence-electron chi connectivity index (χ3n) is 9.21. The summed E-state index contributed by atoms with van der Waals surface area (Å²) in [4.78, 5) is 40.4. The van der Waals surface area contributed by atoms with Crippen LogP contribution in [-0.4, -0.2) is 55.1 Å². The summed E-state index contributed by atoms with van der Waals surface area (Å²) in [6.45, 7) is 1.32. The third kappa shape index (κ3) is 4.33. The Morgan fingerprint density at radius 2 is 1.80 bits per heavy atom. The molecule has 1 spiro atoms. The van der Waals surface area contributed by atoms with E-state index in [4.69, 9.17) is 9.72 Å². The maximum Gasteiger partial charge on any atom is 0.288 e. The molecule has 4 heterocycles. The number of ether oxygens (including phenoxy) is 1. The average Bonchev–Trinajstić information content (AvgIpc) is 3.89. The first-order valence-electron chi connectivity index (χ1n) is 15.1. The Morgan fingerprint density at radius 3 is 2.43 bits per heavy atom. The minimum atomic E-state index is -3.01. The van der Waals surface area contributed by atoms with E-state index >= 15 is 0 Å². The average molecular weight is 599 g/mol. The van der Waals surface area contributed by atoms with Crippen molar-refractivity contribution in [3.05, 3.63) is 59.9 Å². The van der Waals surface area contributed by atoms with Gasteiger partial charge in [0.1, 0.15) is 34.6 Å². The number of likely N-dealkylation sites (N-methyl/N-ethyl adjacent to an activating group) is 1. The minimum Gasteiger partial charge on any atom is -0.480 e. The fraction of sp³-hybridized carbons (Fsp3) is 0.438. The molecule has 12 heteroatoms. The Kier molecular flexibility index (Phi) is 5.86. The molecule has 226 valence electrons. The number of imidazole rings is 1. The van der Waals surface area contributed by atoms with E-state index in [0.29, 0.717) is 47.1 Å². The maximum absolute atomic E-state index is 14.1. The zero-order valence-electron chi connectivity index (χ0n) is 24.8. The van der Waals surface area contributed by atoms with Crippen LogP contribution in [0.1, 0.15) is 74.4 Å². The molecule has 3 aliphatic carbocycles. The first kappa shape index (κ1) is 27.1. The lowest BCUT2D eigenvalue weighted by Gasteiger charge is -2.41. The lowest BCUT2D eigenvalue weighted by atomic mass is 10.0. The molecule has 4 aliphatic rings. The molecule has 0 saturated heterocycles. The Morgan fingerprint density at radius 1 is 1.05 bits per heavy atom. The second kappa shape index (κ2) is 9.51. The standard InChI is InChI=1S/C32H32F2N8O2/c1-31(33,34)23-16-41(21-10-11-21)27(38-23)20-6-4-18(5-7-20)15-42-28-22(40(2)30(43)32(42)12-13-32)14-35-26(39-28)24-25(19-8-9-19)36-17-37-29(24)44-3/h4-7,14,16-17,19,21H,8-13,15H2,1-3H3. The highest BCUT2D eigenvalue weighted by Crippen LogP contribution is 2.53. The number of anilines is 2. The molecule has 0 atom stereocenters. The van der Waals surface area contributed by atoms with Gasteiger partial charge in [-0.1, -0.05) is 24.3 Å². The van der Waals surface area contributed by atoms with Crippen molar-refractivity contribution in [1.29, 1.82) is 0 Å². The molecule has 44 heavy (non-hydrogen) atoms. The van der Waals surface area contributed by atoms with Gasteiger partial charge in [0.05, 0.1) is 19.0 Å². The molecule has 3 aromatic heterocycles. The summed E-state index contributed by atoms with van der Waals surface area (Å²) in [5.41, 5.74) is 3.07.